The average molecular weight is 229 g/mol. The van der Waals surface area contributed by atoms with Gasteiger partial charge in [-0.05, 0) is 12.8 Å². The summed E-state index contributed by atoms with van der Waals surface area (Å²) in [5.74, 6) is 1.29. The molecule has 0 aliphatic carbocycles. The van der Waals surface area contributed by atoms with Crippen molar-refractivity contribution in [2.45, 2.75) is 32.2 Å². The van der Waals surface area contributed by atoms with Crippen LogP contribution in [0.5, 0.6) is 0 Å². The van der Waals surface area contributed by atoms with E-state index in [9.17, 15) is 0 Å². The molecular weight excluding hydrogens is 216 g/mol. The van der Waals surface area contributed by atoms with Crippen molar-refractivity contribution in [2.24, 2.45) is 0 Å². The Kier molecular flexibility index (Phi) is 2.49. The van der Waals surface area contributed by atoms with Crippen molar-refractivity contribution >= 4 is 15.9 Å². The van der Waals surface area contributed by atoms with E-state index >= 15 is 0 Å². The highest BCUT2D eigenvalue weighted by Gasteiger charge is 2.10. The van der Waals surface area contributed by atoms with Gasteiger partial charge in [-0.1, -0.05) is 15.9 Å². The van der Waals surface area contributed by atoms with E-state index in [1.54, 1.807) is 0 Å². The lowest BCUT2D eigenvalue weighted by atomic mass is 10.2. The zero-order valence-electron chi connectivity index (χ0n) is 7.09. The molecule has 1 aliphatic heterocycles. The van der Waals surface area contributed by atoms with Gasteiger partial charge < -0.3 is 4.57 Å². The quantitative estimate of drug-likeness (QED) is 0.710. The summed E-state index contributed by atoms with van der Waals surface area (Å²) in [5.41, 5.74) is 1.24. The molecule has 1 aromatic heterocycles. The molecule has 3 heteroatoms. The standard InChI is InChI=1S/C9H13BrN2/c10-5-4-8-7-12-6-2-1-3-9(12)11-8/h7H,1-6H2. The van der Waals surface area contributed by atoms with Gasteiger partial charge in [0.25, 0.3) is 0 Å². The summed E-state index contributed by atoms with van der Waals surface area (Å²) in [6, 6.07) is 0. The first-order chi connectivity index (χ1) is 5.90. The van der Waals surface area contributed by atoms with E-state index in [-0.39, 0.29) is 0 Å². The van der Waals surface area contributed by atoms with Gasteiger partial charge in [-0.25, -0.2) is 4.98 Å². The number of nitrogens with zero attached hydrogens (tertiary/aromatic N) is 2. The third kappa shape index (κ3) is 1.56. The Balaban J connectivity index is 2.20. The molecular formula is C9H13BrN2. The molecule has 0 fully saturated rings. The van der Waals surface area contributed by atoms with Crippen LogP contribution in [0.1, 0.15) is 24.4 Å². The van der Waals surface area contributed by atoms with Crippen LogP contribution >= 0.6 is 15.9 Å². The van der Waals surface area contributed by atoms with E-state index in [2.05, 4.69) is 31.7 Å². The number of aromatic nitrogens is 2. The summed E-state index contributed by atoms with van der Waals surface area (Å²) < 4.78 is 2.31. The fourth-order valence-electron chi connectivity index (χ4n) is 1.69. The van der Waals surface area contributed by atoms with Gasteiger partial charge in [0.15, 0.2) is 0 Å². The van der Waals surface area contributed by atoms with Gasteiger partial charge in [0, 0.05) is 30.9 Å². The average Bonchev–Trinajstić information content (AvgIpc) is 2.47. The summed E-state index contributed by atoms with van der Waals surface area (Å²) >= 11 is 3.43. The fraction of sp³-hybridized carbons (Fsp3) is 0.667. The monoisotopic (exact) mass is 228 g/mol. The molecule has 0 unspecified atom stereocenters. The SMILES string of the molecule is BrCCc1cn2c(n1)CCCC2. The van der Waals surface area contributed by atoms with E-state index in [1.165, 1.54) is 37.3 Å². The summed E-state index contributed by atoms with van der Waals surface area (Å²) in [4.78, 5) is 4.57. The van der Waals surface area contributed by atoms with Gasteiger partial charge in [-0.2, -0.15) is 0 Å². The highest BCUT2D eigenvalue weighted by molar-refractivity contribution is 9.09. The van der Waals surface area contributed by atoms with Crippen LogP contribution < -0.4 is 0 Å². The van der Waals surface area contributed by atoms with Crippen LogP contribution in [0.15, 0.2) is 6.20 Å². The molecule has 12 heavy (non-hydrogen) atoms. The highest BCUT2D eigenvalue weighted by Crippen LogP contribution is 2.14. The minimum absolute atomic E-state index is 1.02. The fourth-order valence-corrected chi connectivity index (χ4v) is 2.10. The number of aryl methyl sites for hydroxylation is 3. The molecule has 2 nitrogen and oxygen atoms in total. The third-order valence-corrected chi connectivity index (χ3v) is 2.71. The Labute approximate surface area is 81.1 Å². The van der Waals surface area contributed by atoms with Crippen molar-refractivity contribution in [2.75, 3.05) is 5.33 Å². The lowest BCUT2D eigenvalue weighted by Gasteiger charge is -2.11. The Morgan fingerprint density at radius 1 is 1.50 bits per heavy atom. The summed E-state index contributed by atoms with van der Waals surface area (Å²) in [5, 5.41) is 1.02. The minimum Gasteiger partial charge on any atom is -0.335 e. The van der Waals surface area contributed by atoms with Crippen molar-refractivity contribution in [3.63, 3.8) is 0 Å². The number of alkyl halides is 1. The number of hydrogen-bond acceptors (Lipinski definition) is 1. The van der Waals surface area contributed by atoms with Crippen LogP contribution in [-0.4, -0.2) is 14.9 Å². The van der Waals surface area contributed by atoms with Crippen LogP contribution in [0.3, 0.4) is 0 Å². The normalized spacial score (nSPS) is 16.1. The van der Waals surface area contributed by atoms with Crippen LogP contribution in [-0.2, 0) is 19.4 Å². The molecule has 2 rings (SSSR count). The van der Waals surface area contributed by atoms with Crippen molar-refractivity contribution in [1.29, 1.82) is 0 Å². The van der Waals surface area contributed by atoms with E-state index in [1.807, 2.05) is 0 Å². The molecule has 0 atom stereocenters. The summed E-state index contributed by atoms with van der Waals surface area (Å²) in [7, 11) is 0. The Morgan fingerprint density at radius 3 is 3.17 bits per heavy atom. The van der Waals surface area contributed by atoms with E-state index in [0.29, 0.717) is 0 Å². The van der Waals surface area contributed by atoms with E-state index in [4.69, 9.17) is 0 Å². The molecule has 0 saturated heterocycles. The maximum absolute atomic E-state index is 4.57. The van der Waals surface area contributed by atoms with Crippen molar-refractivity contribution in [3.8, 4) is 0 Å². The molecule has 0 bridgehead atoms. The van der Waals surface area contributed by atoms with Gasteiger partial charge >= 0.3 is 0 Å². The van der Waals surface area contributed by atoms with E-state index < -0.39 is 0 Å². The number of hydrogen-bond donors (Lipinski definition) is 0. The molecule has 2 heterocycles. The Bertz CT molecular complexity index is 244. The number of fused-ring (bicyclic) bond motifs is 1. The van der Waals surface area contributed by atoms with Gasteiger partial charge in [-0.3, -0.25) is 0 Å². The van der Waals surface area contributed by atoms with Gasteiger partial charge in [0.1, 0.15) is 5.82 Å². The highest BCUT2D eigenvalue weighted by atomic mass is 79.9. The first kappa shape index (κ1) is 8.30. The molecule has 0 aromatic carbocycles. The number of halogens is 1. The van der Waals surface area contributed by atoms with Gasteiger partial charge in [0.2, 0.25) is 0 Å². The van der Waals surface area contributed by atoms with Gasteiger partial charge in [0.05, 0.1) is 5.69 Å². The number of imidazole rings is 1. The lowest BCUT2D eigenvalue weighted by Crippen LogP contribution is -2.08. The van der Waals surface area contributed by atoms with E-state index in [0.717, 1.165) is 11.8 Å². The molecule has 1 aliphatic rings. The summed E-state index contributed by atoms with van der Waals surface area (Å²) in [6.07, 6.45) is 7.06. The first-order valence-corrected chi connectivity index (χ1v) is 5.63. The van der Waals surface area contributed by atoms with Crippen LogP contribution in [0.2, 0.25) is 0 Å². The second kappa shape index (κ2) is 3.60. The molecule has 0 spiro atoms. The van der Waals surface area contributed by atoms with Crippen molar-refractivity contribution in [1.82, 2.24) is 9.55 Å². The topological polar surface area (TPSA) is 17.8 Å². The molecule has 1 aromatic rings. The second-order valence-corrected chi connectivity index (χ2v) is 4.03. The molecule has 66 valence electrons. The Hall–Kier alpha value is -0.310. The smallest absolute Gasteiger partial charge is 0.108 e. The lowest BCUT2D eigenvalue weighted by molar-refractivity contribution is 0.522. The zero-order chi connectivity index (χ0) is 8.39. The van der Waals surface area contributed by atoms with Crippen LogP contribution in [0, 0.1) is 0 Å². The largest absolute Gasteiger partial charge is 0.335 e. The number of rotatable bonds is 2. The summed E-state index contributed by atoms with van der Waals surface area (Å²) in [6.45, 7) is 1.17. The Morgan fingerprint density at radius 2 is 2.42 bits per heavy atom. The predicted molar refractivity (Wildman–Crippen MR) is 52.7 cm³/mol. The minimum atomic E-state index is 1.02. The van der Waals surface area contributed by atoms with Crippen molar-refractivity contribution < 1.29 is 0 Å². The van der Waals surface area contributed by atoms with Gasteiger partial charge in [-0.15, -0.1) is 0 Å². The molecule has 0 amide bonds. The zero-order valence-corrected chi connectivity index (χ0v) is 8.68. The maximum atomic E-state index is 4.57. The maximum Gasteiger partial charge on any atom is 0.108 e. The van der Waals surface area contributed by atoms with Crippen LogP contribution in [0.4, 0.5) is 0 Å². The van der Waals surface area contributed by atoms with Crippen LogP contribution in [0.25, 0.3) is 0 Å². The third-order valence-electron chi connectivity index (χ3n) is 2.31. The molecule has 0 saturated carbocycles. The first-order valence-electron chi connectivity index (χ1n) is 4.51. The second-order valence-electron chi connectivity index (χ2n) is 3.24. The van der Waals surface area contributed by atoms with Crippen molar-refractivity contribution in [3.05, 3.63) is 17.7 Å². The molecule has 0 radical (unpaired) electrons. The molecule has 0 N–H and O–H groups in total. The predicted octanol–water partition coefficient (Wildman–Crippen LogP) is 2.16.